The van der Waals surface area contributed by atoms with Crippen molar-refractivity contribution in [3.63, 3.8) is 0 Å². The number of nitrogens with zero attached hydrogens (tertiary/aromatic N) is 2. The maximum absolute atomic E-state index is 12.1. The summed E-state index contributed by atoms with van der Waals surface area (Å²) in [6, 6.07) is 13.9. The molecule has 0 aliphatic carbocycles. The Morgan fingerprint density at radius 2 is 1.86 bits per heavy atom. The fourth-order valence-electron chi connectivity index (χ4n) is 2.58. The molecule has 0 aliphatic rings. The molecule has 8 nitrogen and oxygen atoms in total. The van der Waals surface area contributed by atoms with E-state index in [0.29, 0.717) is 10.6 Å². The number of carbonyl (C=O) groups excluding carboxylic acids is 2. The number of carbonyl (C=O) groups is 2. The van der Waals surface area contributed by atoms with Gasteiger partial charge in [-0.2, -0.15) is 5.10 Å². The number of aromatic nitrogens is 3. The van der Waals surface area contributed by atoms with E-state index in [9.17, 15) is 14.7 Å². The third-order valence-corrected chi connectivity index (χ3v) is 4.41. The molecule has 4 N–H and O–H groups in total. The van der Waals surface area contributed by atoms with Gasteiger partial charge in [-0.25, -0.2) is 0 Å². The van der Waals surface area contributed by atoms with Gasteiger partial charge in [0.15, 0.2) is 10.6 Å². The standard InChI is InChI=1S/C19H19N5O3S/c1-12-6-8-13(9-7-12)17-21-23-19(28)24(17)11-10-16(26)20-22-18(27)14-4-2-3-5-15(14)25/h2-9,25H,10-11H2,1H3,(H,20,26)(H,22,27)(H,23,28). The van der Waals surface area contributed by atoms with Crippen molar-refractivity contribution in [2.75, 3.05) is 0 Å². The van der Waals surface area contributed by atoms with Crippen LogP contribution in [0.5, 0.6) is 5.75 Å². The highest BCUT2D eigenvalue weighted by Gasteiger charge is 2.13. The van der Waals surface area contributed by atoms with Gasteiger partial charge in [0.05, 0.1) is 5.56 Å². The number of hydrogen-bond acceptors (Lipinski definition) is 5. The van der Waals surface area contributed by atoms with E-state index < -0.39 is 11.8 Å². The Hall–Kier alpha value is -3.46. The second kappa shape index (κ2) is 8.49. The first-order chi connectivity index (χ1) is 13.5. The van der Waals surface area contributed by atoms with E-state index in [1.54, 1.807) is 16.7 Å². The predicted octanol–water partition coefficient (Wildman–Crippen LogP) is 2.47. The minimum Gasteiger partial charge on any atom is -0.507 e. The lowest BCUT2D eigenvalue weighted by molar-refractivity contribution is -0.122. The van der Waals surface area contributed by atoms with E-state index in [1.165, 1.54) is 12.1 Å². The highest BCUT2D eigenvalue weighted by Crippen LogP contribution is 2.18. The Morgan fingerprint density at radius 3 is 2.57 bits per heavy atom. The molecule has 0 spiro atoms. The second-order valence-corrected chi connectivity index (χ2v) is 6.53. The number of phenolic OH excluding ortho intramolecular Hbond substituents is 1. The van der Waals surface area contributed by atoms with Crippen LogP contribution < -0.4 is 10.9 Å². The summed E-state index contributed by atoms with van der Waals surface area (Å²) in [5.74, 6) is -0.536. The molecule has 144 valence electrons. The van der Waals surface area contributed by atoms with Crippen molar-refractivity contribution in [3.05, 3.63) is 64.4 Å². The normalized spacial score (nSPS) is 10.5. The number of aromatic amines is 1. The van der Waals surface area contributed by atoms with Gasteiger partial charge < -0.3 is 5.11 Å². The van der Waals surface area contributed by atoms with Crippen LogP contribution in [0.15, 0.2) is 48.5 Å². The zero-order valence-corrected chi connectivity index (χ0v) is 15.9. The Balaban J connectivity index is 1.60. The van der Waals surface area contributed by atoms with Crippen LogP contribution in [0.4, 0.5) is 0 Å². The maximum Gasteiger partial charge on any atom is 0.273 e. The van der Waals surface area contributed by atoms with Gasteiger partial charge in [0, 0.05) is 18.5 Å². The van der Waals surface area contributed by atoms with Crippen molar-refractivity contribution in [3.8, 4) is 17.1 Å². The van der Waals surface area contributed by atoms with Crippen LogP contribution in [0.3, 0.4) is 0 Å². The Bertz CT molecular complexity index is 1060. The number of aryl methyl sites for hydroxylation is 1. The molecule has 0 radical (unpaired) electrons. The molecule has 0 aliphatic heterocycles. The number of H-pyrrole nitrogens is 1. The monoisotopic (exact) mass is 397 g/mol. The van der Waals surface area contributed by atoms with Crippen LogP contribution in [0.2, 0.25) is 0 Å². The molecule has 3 aromatic rings. The van der Waals surface area contributed by atoms with Gasteiger partial charge >= 0.3 is 0 Å². The smallest absolute Gasteiger partial charge is 0.273 e. The summed E-state index contributed by atoms with van der Waals surface area (Å²) in [4.78, 5) is 24.1. The topological polar surface area (TPSA) is 112 Å². The number of phenols is 1. The zero-order chi connectivity index (χ0) is 20.1. The minimum atomic E-state index is -0.605. The fraction of sp³-hybridized carbons (Fsp3) is 0.158. The summed E-state index contributed by atoms with van der Waals surface area (Å²) in [7, 11) is 0. The van der Waals surface area contributed by atoms with Crippen LogP contribution in [0.25, 0.3) is 11.4 Å². The Kier molecular flexibility index (Phi) is 5.85. The molecule has 0 saturated carbocycles. The predicted molar refractivity (Wildman–Crippen MR) is 106 cm³/mol. The van der Waals surface area contributed by atoms with Crippen molar-refractivity contribution < 1.29 is 14.7 Å². The maximum atomic E-state index is 12.1. The molecule has 0 bridgehead atoms. The quantitative estimate of drug-likeness (QED) is 0.390. The Labute approximate surface area is 166 Å². The van der Waals surface area contributed by atoms with E-state index in [2.05, 4.69) is 21.0 Å². The summed E-state index contributed by atoms with van der Waals surface area (Å²) in [5.41, 5.74) is 6.69. The van der Waals surface area contributed by atoms with Gasteiger partial charge in [0.2, 0.25) is 5.91 Å². The van der Waals surface area contributed by atoms with Gasteiger partial charge in [-0.1, -0.05) is 42.0 Å². The molecule has 2 amide bonds. The molecule has 0 atom stereocenters. The van der Waals surface area contributed by atoms with E-state index >= 15 is 0 Å². The molecule has 3 rings (SSSR count). The number of hydrogen-bond donors (Lipinski definition) is 4. The SMILES string of the molecule is Cc1ccc(-c2n[nH]c(=S)n2CCC(=O)NNC(=O)c2ccccc2O)cc1. The van der Waals surface area contributed by atoms with Crippen LogP contribution >= 0.6 is 12.2 Å². The molecule has 2 aromatic carbocycles. The van der Waals surface area contributed by atoms with Gasteiger partial charge in [-0.3, -0.25) is 30.1 Å². The molecule has 9 heteroatoms. The molecular weight excluding hydrogens is 378 g/mol. The fourth-order valence-corrected chi connectivity index (χ4v) is 2.81. The van der Waals surface area contributed by atoms with E-state index in [0.717, 1.165) is 11.1 Å². The molecule has 1 heterocycles. The first kappa shape index (κ1) is 19.3. The molecule has 1 aromatic heterocycles. The van der Waals surface area contributed by atoms with Gasteiger partial charge in [0.25, 0.3) is 5.91 Å². The van der Waals surface area contributed by atoms with E-state index in [-0.39, 0.29) is 24.3 Å². The molecule has 0 unspecified atom stereocenters. The third-order valence-electron chi connectivity index (χ3n) is 4.09. The van der Waals surface area contributed by atoms with Gasteiger partial charge in [-0.05, 0) is 31.3 Å². The summed E-state index contributed by atoms with van der Waals surface area (Å²) >= 11 is 5.25. The first-order valence-electron chi connectivity index (χ1n) is 8.55. The average Bonchev–Trinajstić information content (AvgIpc) is 3.06. The average molecular weight is 397 g/mol. The third kappa shape index (κ3) is 4.44. The first-order valence-corrected chi connectivity index (χ1v) is 8.96. The van der Waals surface area contributed by atoms with Gasteiger partial charge in [-0.15, -0.1) is 0 Å². The molecular formula is C19H19N5O3S. The molecule has 0 saturated heterocycles. The number of rotatable bonds is 5. The largest absolute Gasteiger partial charge is 0.507 e. The summed E-state index contributed by atoms with van der Waals surface area (Å²) in [5, 5.41) is 16.6. The summed E-state index contributed by atoms with van der Waals surface area (Å²) < 4.78 is 2.13. The highest BCUT2D eigenvalue weighted by atomic mass is 32.1. The number of benzene rings is 2. The lowest BCUT2D eigenvalue weighted by Crippen LogP contribution is -2.41. The van der Waals surface area contributed by atoms with Crippen molar-refractivity contribution in [2.45, 2.75) is 19.9 Å². The number of amides is 2. The number of aromatic hydroxyl groups is 1. The zero-order valence-electron chi connectivity index (χ0n) is 15.1. The van der Waals surface area contributed by atoms with Crippen LogP contribution in [-0.2, 0) is 11.3 Å². The molecule has 0 fully saturated rings. The Morgan fingerprint density at radius 1 is 1.14 bits per heavy atom. The van der Waals surface area contributed by atoms with Gasteiger partial charge in [0.1, 0.15) is 5.75 Å². The van der Waals surface area contributed by atoms with Crippen LogP contribution in [-0.4, -0.2) is 31.7 Å². The summed E-state index contributed by atoms with van der Waals surface area (Å²) in [6.45, 7) is 2.28. The lowest BCUT2D eigenvalue weighted by Gasteiger charge is -2.10. The molecule has 28 heavy (non-hydrogen) atoms. The number of nitrogens with one attached hydrogen (secondary N) is 3. The highest BCUT2D eigenvalue weighted by molar-refractivity contribution is 7.71. The van der Waals surface area contributed by atoms with Crippen molar-refractivity contribution >= 4 is 24.0 Å². The number of para-hydroxylation sites is 1. The van der Waals surface area contributed by atoms with Crippen LogP contribution in [0.1, 0.15) is 22.3 Å². The van der Waals surface area contributed by atoms with E-state index in [1.807, 2.05) is 31.2 Å². The minimum absolute atomic E-state index is 0.0708. The van der Waals surface area contributed by atoms with Crippen molar-refractivity contribution in [1.82, 2.24) is 25.6 Å². The van der Waals surface area contributed by atoms with Crippen molar-refractivity contribution in [2.24, 2.45) is 0 Å². The summed E-state index contributed by atoms with van der Waals surface area (Å²) in [6.07, 6.45) is 0.0771. The lowest BCUT2D eigenvalue weighted by atomic mass is 10.1. The number of hydrazine groups is 1. The van der Waals surface area contributed by atoms with E-state index in [4.69, 9.17) is 12.2 Å². The van der Waals surface area contributed by atoms with Crippen molar-refractivity contribution in [1.29, 1.82) is 0 Å². The van der Waals surface area contributed by atoms with Crippen LogP contribution in [0, 0.1) is 11.7 Å². The second-order valence-electron chi connectivity index (χ2n) is 6.14.